The number of carbonyl (C=O) groups is 2. The minimum Gasteiger partial charge on any atom is -0.497 e. The van der Waals surface area contributed by atoms with E-state index in [1.165, 1.54) is 0 Å². The fourth-order valence-corrected chi connectivity index (χ4v) is 2.79. The van der Waals surface area contributed by atoms with Crippen molar-refractivity contribution in [3.05, 3.63) is 42.0 Å². The maximum Gasteiger partial charge on any atom is 0.316 e. The lowest BCUT2D eigenvalue weighted by atomic mass is 9.98. The van der Waals surface area contributed by atoms with E-state index in [9.17, 15) is 9.59 Å². The molecule has 0 saturated carbocycles. The molecule has 1 unspecified atom stereocenters. The van der Waals surface area contributed by atoms with Gasteiger partial charge in [-0.15, -0.1) is 0 Å². The Hall–Kier alpha value is -2.56. The molecule has 0 spiro atoms. The van der Waals surface area contributed by atoms with Crippen molar-refractivity contribution in [1.82, 2.24) is 0 Å². The predicted molar refractivity (Wildman–Crippen MR) is 105 cm³/mol. The number of rotatable bonds is 9. The Morgan fingerprint density at radius 3 is 2.33 bits per heavy atom. The zero-order valence-corrected chi connectivity index (χ0v) is 16.5. The van der Waals surface area contributed by atoms with Crippen molar-refractivity contribution in [2.75, 3.05) is 7.11 Å². The Kier molecular flexibility index (Phi) is 7.65. The lowest BCUT2D eigenvalue weighted by molar-refractivity contribution is -0.189. The van der Waals surface area contributed by atoms with E-state index in [4.69, 9.17) is 14.2 Å². The van der Waals surface area contributed by atoms with Gasteiger partial charge in [-0.2, -0.15) is 0 Å². The molecule has 5 nitrogen and oxygen atoms in total. The van der Waals surface area contributed by atoms with Crippen molar-refractivity contribution in [2.45, 2.75) is 58.7 Å². The summed E-state index contributed by atoms with van der Waals surface area (Å²) in [6.45, 7) is 5.65. The molecule has 0 radical (unpaired) electrons. The zero-order valence-electron chi connectivity index (χ0n) is 16.5. The number of hydrogen-bond donors (Lipinski definition) is 0. The van der Waals surface area contributed by atoms with Crippen LogP contribution in [0.4, 0.5) is 0 Å². The molecule has 0 aromatic heterocycles. The molecule has 0 bridgehead atoms. The molecule has 2 aromatic carbocycles. The fourth-order valence-electron chi connectivity index (χ4n) is 2.79. The average Bonchev–Trinajstić information content (AvgIpc) is 2.66. The second-order valence-corrected chi connectivity index (χ2v) is 6.59. The third kappa shape index (κ3) is 5.71. The molecule has 0 aliphatic rings. The van der Waals surface area contributed by atoms with Gasteiger partial charge in [-0.05, 0) is 48.2 Å². The van der Waals surface area contributed by atoms with Crippen LogP contribution in [0.1, 0.15) is 57.9 Å². The first-order chi connectivity index (χ1) is 13.0. The molecule has 0 saturated heterocycles. The van der Waals surface area contributed by atoms with E-state index in [0.717, 1.165) is 28.5 Å². The topological polar surface area (TPSA) is 61.8 Å². The van der Waals surface area contributed by atoms with Gasteiger partial charge < -0.3 is 14.2 Å². The third-order valence-electron chi connectivity index (χ3n) is 4.41. The van der Waals surface area contributed by atoms with Gasteiger partial charge in [0.05, 0.1) is 13.0 Å². The van der Waals surface area contributed by atoms with Crippen LogP contribution in [0.15, 0.2) is 36.4 Å². The molecule has 0 amide bonds. The summed E-state index contributed by atoms with van der Waals surface area (Å²) in [6, 6.07) is 11.6. The summed E-state index contributed by atoms with van der Waals surface area (Å²) < 4.78 is 16.0. The van der Waals surface area contributed by atoms with Crippen molar-refractivity contribution >= 4 is 22.7 Å². The number of ether oxygens (including phenoxy) is 3. The van der Waals surface area contributed by atoms with Crippen molar-refractivity contribution in [2.24, 2.45) is 0 Å². The highest BCUT2D eigenvalue weighted by Crippen LogP contribution is 2.26. The second-order valence-electron chi connectivity index (χ2n) is 6.59. The van der Waals surface area contributed by atoms with E-state index in [0.29, 0.717) is 19.3 Å². The van der Waals surface area contributed by atoms with Gasteiger partial charge >= 0.3 is 11.9 Å². The molecule has 146 valence electrons. The molecule has 5 heteroatoms. The van der Waals surface area contributed by atoms with E-state index >= 15 is 0 Å². The molecule has 2 atom stereocenters. The number of hydrogen-bond acceptors (Lipinski definition) is 5. The van der Waals surface area contributed by atoms with Crippen molar-refractivity contribution < 1.29 is 23.8 Å². The Morgan fingerprint density at radius 2 is 1.67 bits per heavy atom. The molecule has 0 fully saturated rings. The van der Waals surface area contributed by atoms with Crippen molar-refractivity contribution in [1.29, 1.82) is 0 Å². The first-order valence-corrected chi connectivity index (χ1v) is 9.46. The molecule has 0 aliphatic carbocycles. The summed E-state index contributed by atoms with van der Waals surface area (Å²) in [7, 11) is 1.63. The number of esters is 2. The summed E-state index contributed by atoms with van der Waals surface area (Å²) in [5.41, 5.74) is 0.854. The van der Waals surface area contributed by atoms with Crippen LogP contribution in [0.2, 0.25) is 0 Å². The maximum atomic E-state index is 12.6. The SMILES string of the molecule is CCCC(=O)OC(CCC)OC(=O)[C@H](C)c1ccc2cc(OC)ccc2c1. The van der Waals surface area contributed by atoms with Crippen LogP contribution in [0.3, 0.4) is 0 Å². The number of benzene rings is 2. The Labute approximate surface area is 160 Å². The molecular weight excluding hydrogens is 344 g/mol. The van der Waals surface area contributed by atoms with E-state index in [1.807, 2.05) is 50.2 Å². The van der Waals surface area contributed by atoms with Gasteiger partial charge in [-0.25, -0.2) is 0 Å². The highest BCUT2D eigenvalue weighted by atomic mass is 16.7. The molecule has 0 heterocycles. The number of fused-ring (bicyclic) bond motifs is 1. The van der Waals surface area contributed by atoms with Crippen LogP contribution in [-0.4, -0.2) is 25.3 Å². The monoisotopic (exact) mass is 372 g/mol. The quantitative estimate of drug-likeness (QED) is 0.460. The minimum atomic E-state index is -0.825. The van der Waals surface area contributed by atoms with E-state index in [-0.39, 0.29) is 5.97 Å². The summed E-state index contributed by atoms with van der Waals surface area (Å²) in [4.78, 5) is 24.3. The lowest BCUT2D eigenvalue weighted by Crippen LogP contribution is -2.26. The molecule has 27 heavy (non-hydrogen) atoms. The van der Waals surface area contributed by atoms with E-state index in [2.05, 4.69) is 0 Å². The van der Waals surface area contributed by atoms with Gasteiger partial charge in [0.1, 0.15) is 5.75 Å². The first kappa shape index (κ1) is 20.7. The van der Waals surface area contributed by atoms with Gasteiger partial charge in [0.25, 0.3) is 0 Å². The normalized spacial score (nSPS) is 13.0. The van der Waals surface area contributed by atoms with Crippen LogP contribution >= 0.6 is 0 Å². The van der Waals surface area contributed by atoms with Gasteiger partial charge in [0.2, 0.25) is 6.29 Å². The second kappa shape index (κ2) is 9.95. The molecule has 0 aliphatic heterocycles. The van der Waals surface area contributed by atoms with Crippen LogP contribution in [-0.2, 0) is 19.1 Å². The smallest absolute Gasteiger partial charge is 0.316 e. The molecule has 0 N–H and O–H groups in total. The zero-order chi connectivity index (χ0) is 19.8. The van der Waals surface area contributed by atoms with Gasteiger partial charge in [0.15, 0.2) is 0 Å². The van der Waals surface area contributed by atoms with Crippen LogP contribution in [0.5, 0.6) is 5.75 Å². The lowest BCUT2D eigenvalue weighted by Gasteiger charge is -2.20. The summed E-state index contributed by atoms with van der Waals surface area (Å²) in [5.74, 6) is -0.401. The van der Waals surface area contributed by atoms with Crippen LogP contribution in [0.25, 0.3) is 10.8 Å². The Morgan fingerprint density at radius 1 is 0.963 bits per heavy atom. The van der Waals surface area contributed by atoms with Gasteiger partial charge in [0, 0.05) is 12.8 Å². The molecule has 2 rings (SSSR count). The fraction of sp³-hybridized carbons (Fsp3) is 0.455. The molecular formula is C22H28O5. The van der Waals surface area contributed by atoms with Crippen LogP contribution in [0, 0.1) is 0 Å². The predicted octanol–water partition coefficient (Wildman–Crippen LogP) is 4.96. The highest BCUT2D eigenvalue weighted by Gasteiger charge is 2.23. The van der Waals surface area contributed by atoms with E-state index < -0.39 is 18.2 Å². The van der Waals surface area contributed by atoms with Gasteiger partial charge in [-0.3, -0.25) is 9.59 Å². The average molecular weight is 372 g/mol. The standard InChI is InChI=1S/C22H28O5/c1-5-7-20(23)26-21(8-6-2)27-22(24)15(3)16-9-10-18-14-19(25-4)12-11-17(18)13-16/h9-15,21H,5-8H2,1-4H3/t15-,21?/m1/s1. The maximum absolute atomic E-state index is 12.6. The third-order valence-corrected chi connectivity index (χ3v) is 4.41. The summed E-state index contributed by atoms with van der Waals surface area (Å²) in [5, 5.41) is 2.06. The number of methoxy groups -OCH3 is 1. The summed E-state index contributed by atoms with van der Waals surface area (Å²) >= 11 is 0. The van der Waals surface area contributed by atoms with Gasteiger partial charge in [-0.1, -0.05) is 38.1 Å². The van der Waals surface area contributed by atoms with Crippen molar-refractivity contribution in [3.63, 3.8) is 0 Å². The number of carbonyl (C=O) groups excluding carboxylic acids is 2. The highest BCUT2D eigenvalue weighted by molar-refractivity contribution is 5.86. The largest absolute Gasteiger partial charge is 0.497 e. The molecule has 2 aromatic rings. The van der Waals surface area contributed by atoms with Crippen molar-refractivity contribution in [3.8, 4) is 5.75 Å². The Bertz CT molecular complexity index is 783. The van der Waals surface area contributed by atoms with E-state index in [1.54, 1.807) is 14.0 Å². The minimum absolute atomic E-state index is 0.321. The van der Waals surface area contributed by atoms with Crippen LogP contribution < -0.4 is 4.74 Å². The Balaban J connectivity index is 2.10. The summed E-state index contributed by atoms with van der Waals surface area (Å²) in [6.07, 6.45) is 1.44. The first-order valence-electron chi connectivity index (χ1n) is 9.46.